The fourth-order valence-electron chi connectivity index (χ4n) is 2.52. The van der Waals surface area contributed by atoms with Crippen LogP contribution >= 0.6 is 11.3 Å². The van der Waals surface area contributed by atoms with Gasteiger partial charge in [0.05, 0.1) is 10.7 Å². The van der Waals surface area contributed by atoms with Crippen LogP contribution < -0.4 is 10.1 Å². The standard InChI is InChI=1S/C22H22N2O2S/c1-15-4-5-16(2)21(12-15)24-22(25)11-8-18-6-9-20(10-7-18)26-13-19-14-27-17(3)23-19/h4-12,14H,13H2,1-3H3,(H,24,25)/b11-8+. The molecule has 0 aliphatic carbocycles. The van der Waals surface area contributed by atoms with Crippen LogP contribution in [0, 0.1) is 20.8 Å². The second-order valence-corrected chi connectivity index (χ2v) is 7.42. The highest BCUT2D eigenvalue weighted by atomic mass is 32.1. The summed E-state index contributed by atoms with van der Waals surface area (Å²) in [5.74, 6) is 0.626. The quantitative estimate of drug-likeness (QED) is 0.592. The number of amides is 1. The van der Waals surface area contributed by atoms with Crippen molar-refractivity contribution < 1.29 is 9.53 Å². The minimum Gasteiger partial charge on any atom is -0.487 e. The molecule has 0 atom stereocenters. The molecule has 0 aliphatic heterocycles. The molecule has 27 heavy (non-hydrogen) atoms. The summed E-state index contributed by atoms with van der Waals surface area (Å²) in [6.45, 7) is 6.41. The van der Waals surface area contributed by atoms with Crippen LogP contribution in [0.15, 0.2) is 53.9 Å². The van der Waals surface area contributed by atoms with Crippen molar-refractivity contribution in [3.63, 3.8) is 0 Å². The summed E-state index contributed by atoms with van der Waals surface area (Å²) in [7, 11) is 0. The molecule has 1 heterocycles. The molecule has 1 N–H and O–H groups in total. The van der Waals surface area contributed by atoms with E-state index in [0.29, 0.717) is 6.61 Å². The first-order valence-corrected chi connectivity index (χ1v) is 9.58. The first-order valence-electron chi connectivity index (χ1n) is 8.70. The fourth-order valence-corrected chi connectivity index (χ4v) is 3.12. The first kappa shape index (κ1) is 18.9. The van der Waals surface area contributed by atoms with Crippen molar-refractivity contribution in [3.8, 4) is 5.75 Å². The predicted octanol–water partition coefficient (Wildman–Crippen LogP) is 5.30. The Hall–Kier alpha value is -2.92. The zero-order valence-corrected chi connectivity index (χ0v) is 16.5. The molecular formula is C22H22N2O2S. The average molecular weight is 378 g/mol. The summed E-state index contributed by atoms with van der Waals surface area (Å²) < 4.78 is 5.73. The largest absolute Gasteiger partial charge is 0.487 e. The molecule has 2 aromatic carbocycles. The van der Waals surface area contributed by atoms with Crippen molar-refractivity contribution in [1.29, 1.82) is 0 Å². The highest BCUT2D eigenvalue weighted by Gasteiger charge is 2.03. The van der Waals surface area contributed by atoms with Crippen LogP contribution in [0.3, 0.4) is 0 Å². The van der Waals surface area contributed by atoms with Crippen LogP contribution in [0.25, 0.3) is 6.08 Å². The number of aromatic nitrogens is 1. The zero-order chi connectivity index (χ0) is 19.2. The average Bonchev–Trinajstić information content (AvgIpc) is 3.07. The number of rotatable bonds is 6. The lowest BCUT2D eigenvalue weighted by molar-refractivity contribution is -0.111. The van der Waals surface area contributed by atoms with Gasteiger partial charge >= 0.3 is 0 Å². The van der Waals surface area contributed by atoms with Gasteiger partial charge in [-0.3, -0.25) is 4.79 Å². The number of nitrogens with zero attached hydrogens (tertiary/aromatic N) is 1. The lowest BCUT2D eigenvalue weighted by atomic mass is 10.1. The molecule has 0 saturated heterocycles. The van der Waals surface area contributed by atoms with Gasteiger partial charge in [0.25, 0.3) is 0 Å². The molecule has 3 aromatic rings. The summed E-state index contributed by atoms with van der Waals surface area (Å²) >= 11 is 1.62. The van der Waals surface area contributed by atoms with Crippen molar-refractivity contribution in [3.05, 3.63) is 81.3 Å². The van der Waals surface area contributed by atoms with E-state index in [1.807, 2.05) is 68.6 Å². The molecule has 1 amide bonds. The third-order valence-electron chi connectivity index (χ3n) is 4.01. The molecule has 0 spiro atoms. The predicted molar refractivity (Wildman–Crippen MR) is 111 cm³/mol. The van der Waals surface area contributed by atoms with Crippen molar-refractivity contribution in [2.75, 3.05) is 5.32 Å². The molecule has 0 fully saturated rings. The Morgan fingerprint density at radius 1 is 1.15 bits per heavy atom. The Kier molecular flexibility index (Phi) is 6.04. The van der Waals surface area contributed by atoms with Gasteiger partial charge in [-0.2, -0.15) is 0 Å². The Labute approximate surface area is 163 Å². The number of thiazole rings is 1. The van der Waals surface area contributed by atoms with Gasteiger partial charge in [-0.15, -0.1) is 11.3 Å². The molecule has 0 bridgehead atoms. The fraction of sp³-hybridized carbons (Fsp3) is 0.182. The van der Waals surface area contributed by atoms with Crippen molar-refractivity contribution in [2.24, 2.45) is 0 Å². The Bertz CT molecular complexity index is 959. The number of carbonyl (C=O) groups excluding carboxylic acids is 1. The topological polar surface area (TPSA) is 51.2 Å². The number of hydrogen-bond donors (Lipinski definition) is 1. The number of carbonyl (C=O) groups is 1. The minimum atomic E-state index is -0.150. The third kappa shape index (κ3) is 5.53. The summed E-state index contributed by atoms with van der Waals surface area (Å²) in [6, 6.07) is 13.6. The molecule has 5 heteroatoms. The summed E-state index contributed by atoms with van der Waals surface area (Å²) in [4.78, 5) is 16.5. The van der Waals surface area contributed by atoms with Gasteiger partial charge in [0.1, 0.15) is 12.4 Å². The maximum absolute atomic E-state index is 12.1. The minimum absolute atomic E-state index is 0.150. The summed E-state index contributed by atoms with van der Waals surface area (Å²) in [5.41, 5.74) is 4.86. The van der Waals surface area contributed by atoms with E-state index in [9.17, 15) is 4.79 Å². The molecular weight excluding hydrogens is 356 g/mol. The van der Waals surface area contributed by atoms with Gasteiger partial charge in [0.15, 0.2) is 0 Å². The van der Waals surface area contributed by atoms with E-state index in [1.54, 1.807) is 17.4 Å². The Morgan fingerprint density at radius 2 is 1.93 bits per heavy atom. The third-order valence-corrected chi connectivity index (χ3v) is 4.83. The Morgan fingerprint density at radius 3 is 2.63 bits per heavy atom. The Balaban J connectivity index is 1.55. The molecule has 1 aromatic heterocycles. The number of hydrogen-bond acceptors (Lipinski definition) is 4. The normalized spacial score (nSPS) is 10.9. The molecule has 0 radical (unpaired) electrons. The number of benzene rings is 2. The van der Waals surface area contributed by atoms with Gasteiger partial charge in [0, 0.05) is 17.1 Å². The summed E-state index contributed by atoms with van der Waals surface area (Å²) in [5, 5.41) is 5.95. The molecule has 3 rings (SSSR count). The zero-order valence-electron chi connectivity index (χ0n) is 15.7. The van der Waals surface area contributed by atoms with Crippen LogP contribution in [-0.4, -0.2) is 10.9 Å². The van der Waals surface area contributed by atoms with Crippen LogP contribution in [0.4, 0.5) is 5.69 Å². The molecule has 138 valence electrons. The molecule has 0 aliphatic rings. The van der Waals surface area contributed by atoms with Crippen molar-refractivity contribution >= 4 is 29.0 Å². The van der Waals surface area contributed by atoms with E-state index in [2.05, 4.69) is 10.3 Å². The van der Waals surface area contributed by atoms with Gasteiger partial charge in [-0.05, 0) is 61.7 Å². The number of nitrogens with one attached hydrogen (secondary N) is 1. The van der Waals surface area contributed by atoms with E-state index in [-0.39, 0.29) is 5.91 Å². The second-order valence-electron chi connectivity index (χ2n) is 6.36. The SMILES string of the molecule is Cc1ccc(C)c(NC(=O)/C=C/c2ccc(OCc3csc(C)n3)cc2)c1. The van der Waals surface area contributed by atoms with Crippen molar-refractivity contribution in [2.45, 2.75) is 27.4 Å². The van der Waals surface area contributed by atoms with E-state index in [0.717, 1.165) is 38.8 Å². The molecule has 0 saturated carbocycles. The monoisotopic (exact) mass is 378 g/mol. The second kappa shape index (κ2) is 8.64. The van der Waals surface area contributed by atoms with E-state index < -0.39 is 0 Å². The van der Waals surface area contributed by atoms with Crippen LogP contribution in [-0.2, 0) is 11.4 Å². The van der Waals surface area contributed by atoms with E-state index >= 15 is 0 Å². The number of aryl methyl sites for hydroxylation is 3. The smallest absolute Gasteiger partial charge is 0.248 e. The van der Waals surface area contributed by atoms with Gasteiger partial charge < -0.3 is 10.1 Å². The van der Waals surface area contributed by atoms with Gasteiger partial charge in [-0.25, -0.2) is 4.98 Å². The first-order chi connectivity index (χ1) is 13.0. The van der Waals surface area contributed by atoms with Crippen LogP contribution in [0.2, 0.25) is 0 Å². The van der Waals surface area contributed by atoms with Crippen LogP contribution in [0.1, 0.15) is 27.4 Å². The number of ether oxygens (including phenoxy) is 1. The van der Waals surface area contributed by atoms with E-state index in [1.165, 1.54) is 6.08 Å². The van der Waals surface area contributed by atoms with Crippen molar-refractivity contribution in [1.82, 2.24) is 4.98 Å². The maximum Gasteiger partial charge on any atom is 0.248 e. The van der Waals surface area contributed by atoms with E-state index in [4.69, 9.17) is 4.74 Å². The molecule has 4 nitrogen and oxygen atoms in total. The van der Waals surface area contributed by atoms with Crippen LogP contribution in [0.5, 0.6) is 5.75 Å². The maximum atomic E-state index is 12.1. The lowest BCUT2D eigenvalue weighted by Gasteiger charge is -2.07. The van der Waals surface area contributed by atoms with Gasteiger partial charge in [0.2, 0.25) is 5.91 Å². The molecule has 0 unspecified atom stereocenters. The highest BCUT2D eigenvalue weighted by Crippen LogP contribution is 2.18. The lowest BCUT2D eigenvalue weighted by Crippen LogP contribution is -2.09. The number of anilines is 1. The highest BCUT2D eigenvalue weighted by molar-refractivity contribution is 7.09. The summed E-state index contributed by atoms with van der Waals surface area (Å²) in [6.07, 6.45) is 3.32. The van der Waals surface area contributed by atoms with Gasteiger partial charge in [-0.1, -0.05) is 24.3 Å².